The zero-order valence-corrected chi connectivity index (χ0v) is 11.3. The minimum atomic E-state index is -3.21. The summed E-state index contributed by atoms with van der Waals surface area (Å²) in [5.74, 6) is -0.676. The maximum Gasteiger partial charge on any atom is 0.400 e. The van der Waals surface area contributed by atoms with E-state index in [2.05, 4.69) is 15.9 Å². The number of rotatable bonds is 3. The molecule has 1 saturated carbocycles. The summed E-state index contributed by atoms with van der Waals surface area (Å²) in [5.41, 5.74) is 0. The second kappa shape index (κ2) is 5.34. The lowest BCUT2D eigenvalue weighted by Gasteiger charge is -2.29. The van der Waals surface area contributed by atoms with Gasteiger partial charge in [-0.2, -0.15) is 8.78 Å². The number of Topliss-reactive ketones (excluding diaryl/α,β-unsaturated/α-hetero) is 1. The first-order valence-corrected chi connectivity index (χ1v) is 6.61. The highest BCUT2D eigenvalue weighted by Gasteiger charge is 2.43. The molecule has 0 unspecified atom stereocenters. The molecule has 0 N–H and O–H groups in total. The third-order valence-corrected chi connectivity index (χ3v) is 3.61. The van der Waals surface area contributed by atoms with Crippen molar-refractivity contribution in [3.8, 4) is 5.75 Å². The quantitative estimate of drug-likeness (QED) is 0.835. The Morgan fingerprint density at radius 2 is 1.72 bits per heavy atom. The topological polar surface area (TPSA) is 26.3 Å². The number of hydrogen-bond acceptors (Lipinski definition) is 2. The number of carbonyl (C=O) groups is 1. The van der Waals surface area contributed by atoms with E-state index >= 15 is 0 Å². The largest absolute Gasteiger partial charge is 0.432 e. The fraction of sp³-hybridized carbons (Fsp3) is 0.462. The number of benzene rings is 1. The summed E-state index contributed by atoms with van der Waals surface area (Å²) in [7, 11) is 0. The van der Waals surface area contributed by atoms with Gasteiger partial charge < -0.3 is 4.74 Å². The summed E-state index contributed by atoms with van der Waals surface area (Å²) in [6.45, 7) is 0. The van der Waals surface area contributed by atoms with Gasteiger partial charge >= 0.3 is 6.11 Å². The van der Waals surface area contributed by atoms with Crippen LogP contribution in [-0.2, 0) is 4.79 Å². The minimum Gasteiger partial charge on any atom is -0.432 e. The van der Waals surface area contributed by atoms with Crippen LogP contribution in [0.2, 0.25) is 0 Å². The first-order chi connectivity index (χ1) is 8.47. The molecule has 1 aromatic carbocycles. The van der Waals surface area contributed by atoms with Crippen molar-refractivity contribution in [3.63, 3.8) is 0 Å². The van der Waals surface area contributed by atoms with Gasteiger partial charge in [-0.05, 0) is 37.1 Å². The Morgan fingerprint density at radius 1 is 1.17 bits per heavy atom. The summed E-state index contributed by atoms with van der Waals surface area (Å²) >= 11 is 3.23. The number of ketones is 1. The molecule has 0 aromatic heterocycles. The van der Waals surface area contributed by atoms with Gasteiger partial charge in [0.25, 0.3) is 0 Å². The Morgan fingerprint density at radius 3 is 2.28 bits per heavy atom. The average molecular weight is 319 g/mol. The third kappa shape index (κ3) is 3.28. The number of alkyl halides is 2. The Kier molecular flexibility index (Phi) is 4.00. The molecule has 1 aromatic rings. The SMILES string of the molecule is O=C1CCC(C(F)(F)Oc2ccc(Br)cc2)CC1. The monoisotopic (exact) mass is 318 g/mol. The van der Waals surface area contributed by atoms with Crippen LogP contribution in [0, 0.1) is 5.92 Å². The molecule has 0 aliphatic heterocycles. The number of carbonyl (C=O) groups excluding carboxylic acids is 1. The zero-order chi connectivity index (χ0) is 13.2. The van der Waals surface area contributed by atoms with Crippen LogP contribution >= 0.6 is 15.9 Å². The van der Waals surface area contributed by atoms with Gasteiger partial charge in [0.2, 0.25) is 0 Å². The van der Waals surface area contributed by atoms with Crippen LogP contribution in [0.15, 0.2) is 28.7 Å². The number of halogens is 3. The van der Waals surface area contributed by atoms with Gasteiger partial charge in [-0.15, -0.1) is 0 Å². The highest BCUT2D eigenvalue weighted by Crippen LogP contribution is 2.37. The third-order valence-electron chi connectivity index (χ3n) is 3.09. The lowest BCUT2D eigenvalue weighted by atomic mass is 9.87. The highest BCUT2D eigenvalue weighted by molar-refractivity contribution is 9.10. The molecule has 1 aliphatic rings. The van der Waals surface area contributed by atoms with E-state index < -0.39 is 12.0 Å². The lowest BCUT2D eigenvalue weighted by Crippen LogP contribution is -2.37. The van der Waals surface area contributed by atoms with Crippen molar-refractivity contribution < 1.29 is 18.3 Å². The molecule has 0 heterocycles. The van der Waals surface area contributed by atoms with Gasteiger partial charge in [0.15, 0.2) is 0 Å². The van der Waals surface area contributed by atoms with Crippen LogP contribution in [0.3, 0.4) is 0 Å². The predicted octanol–water partition coefficient (Wildman–Crippen LogP) is 4.18. The van der Waals surface area contributed by atoms with Gasteiger partial charge in [-0.3, -0.25) is 4.79 Å². The molecule has 98 valence electrons. The Labute approximate surface area is 112 Å². The standard InChI is InChI=1S/C13H13BrF2O2/c14-10-3-7-12(8-4-10)18-13(15,16)9-1-5-11(17)6-2-9/h3-4,7-9H,1-2,5-6H2. The van der Waals surface area contributed by atoms with Crippen molar-refractivity contribution in [2.45, 2.75) is 31.8 Å². The van der Waals surface area contributed by atoms with Gasteiger partial charge in [0, 0.05) is 17.3 Å². The van der Waals surface area contributed by atoms with Crippen molar-refractivity contribution >= 4 is 21.7 Å². The van der Waals surface area contributed by atoms with E-state index in [1.165, 1.54) is 12.1 Å². The lowest BCUT2D eigenvalue weighted by molar-refractivity contribution is -0.221. The molecule has 2 rings (SSSR count). The Bertz CT molecular complexity index is 421. The second-order valence-electron chi connectivity index (χ2n) is 4.43. The van der Waals surface area contributed by atoms with E-state index in [1.807, 2.05) is 0 Å². The highest BCUT2D eigenvalue weighted by atomic mass is 79.9. The van der Waals surface area contributed by atoms with Crippen molar-refractivity contribution in [1.29, 1.82) is 0 Å². The van der Waals surface area contributed by atoms with Crippen LogP contribution in [0.4, 0.5) is 8.78 Å². The number of ether oxygens (including phenoxy) is 1. The maximum absolute atomic E-state index is 13.9. The minimum absolute atomic E-state index is 0.0608. The summed E-state index contributed by atoms with van der Waals surface area (Å²) in [4.78, 5) is 11.0. The van der Waals surface area contributed by atoms with E-state index in [0.717, 1.165) is 4.47 Å². The summed E-state index contributed by atoms with van der Waals surface area (Å²) in [6.07, 6.45) is -2.37. The van der Waals surface area contributed by atoms with Crippen molar-refractivity contribution in [3.05, 3.63) is 28.7 Å². The molecule has 1 fully saturated rings. The van der Waals surface area contributed by atoms with Crippen LogP contribution in [0.5, 0.6) is 5.75 Å². The summed E-state index contributed by atoms with van der Waals surface area (Å²) in [6, 6.07) is 6.28. The molecule has 18 heavy (non-hydrogen) atoms. The molecule has 0 bridgehead atoms. The molecule has 0 spiro atoms. The first kappa shape index (κ1) is 13.5. The van der Waals surface area contributed by atoms with Crippen LogP contribution in [0.25, 0.3) is 0 Å². The fourth-order valence-corrected chi connectivity index (χ4v) is 2.28. The first-order valence-electron chi connectivity index (χ1n) is 5.81. The normalized spacial score (nSPS) is 17.8. The zero-order valence-electron chi connectivity index (χ0n) is 9.67. The van der Waals surface area contributed by atoms with E-state index in [1.54, 1.807) is 12.1 Å². The Hall–Kier alpha value is -0.970. The van der Waals surface area contributed by atoms with E-state index in [4.69, 9.17) is 4.74 Å². The molecule has 1 aliphatic carbocycles. The van der Waals surface area contributed by atoms with Crippen molar-refractivity contribution in [1.82, 2.24) is 0 Å². The van der Waals surface area contributed by atoms with Gasteiger partial charge in [-0.25, -0.2) is 0 Å². The maximum atomic E-state index is 13.9. The van der Waals surface area contributed by atoms with Gasteiger partial charge in [0.05, 0.1) is 5.92 Å². The van der Waals surface area contributed by atoms with Crippen molar-refractivity contribution in [2.24, 2.45) is 5.92 Å². The van der Waals surface area contributed by atoms with E-state index in [0.29, 0.717) is 0 Å². The molecule has 0 atom stereocenters. The molecule has 2 nitrogen and oxygen atoms in total. The van der Waals surface area contributed by atoms with Crippen molar-refractivity contribution in [2.75, 3.05) is 0 Å². The van der Waals surface area contributed by atoms with E-state index in [-0.39, 0.29) is 37.2 Å². The smallest absolute Gasteiger partial charge is 0.400 e. The molecule has 0 saturated heterocycles. The molecule has 0 radical (unpaired) electrons. The molecular weight excluding hydrogens is 306 g/mol. The second-order valence-corrected chi connectivity index (χ2v) is 5.35. The van der Waals surface area contributed by atoms with Gasteiger partial charge in [-0.1, -0.05) is 15.9 Å². The average Bonchev–Trinajstić information content (AvgIpc) is 2.32. The summed E-state index contributed by atoms with van der Waals surface area (Å²) in [5, 5.41) is 0. The van der Waals surface area contributed by atoms with Crippen LogP contribution in [-0.4, -0.2) is 11.9 Å². The predicted molar refractivity (Wildman–Crippen MR) is 66.7 cm³/mol. The number of hydrogen-bond donors (Lipinski definition) is 0. The van der Waals surface area contributed by atoms with E-state index in [9.17, 15) is 13.6 Å². The van der Waals surface area contributed by atoms with Crippen LogP contribution in [0.1, 0.15) is 25.7 Å². The Balaban J connectivity index is 2.02. The fourth-order valence-electron chi connectivity index (χ4n) is 2.02. The molecule has 0 amide bonds. The summed E-state index contributed by atoms with van der Waals surface area (Å²) < 4.78 is 33.3. The molecule has 5 heteroatoms. The van der Waals surface area contributed by atoms with Gasteiger partial charge in [0.1, 0.15) is 11.5 Å². The molecular formula is C13H13BrF2O2. The van der Waals surface area contributed by atoms with Crippen LogP contribution < -0.4 is 4.74 Å².